The maximum atomic E-state index is 11.9. The molecule has 1 aliphatic heterocycles. The highest BCUT2D eigenvalue weighted by molar-refractivity contribution is 5.83. The molecular weight excluding hydrogens is 234 g/mol. The molecule has 1 aromatic rings. The van der Waals surface area contributed by atoms with Gasteiger partial charge in [0.15, 0.2) is 11.5 Å². The van der Waals surface area contributed by atoms with E-state index >= 15 is 0 Å². The molecule has 0 spiro atoms. The number of aliphatic hydroxyl groups excluding tert-OH is 1. The van der Waals surface area contributed by atoms with E-state index in [4.69, 9.17) is 14.6 Å². The lowest BCUT2D eigenvalue weighted by atomic mass is 9.95. The number of hydrogen-bond donors (Lipinski definition) is 2. The molecule has 0 radical (unpaired) electrons. The first-order valence-corrected chi connectivity index (χ1v) is 6.04. The molecule has 1 aliphatic rings. The van der Waals surface area contributed by atoms with E-state index in [1.165, 1.54) is 0 Å². The van der Waals surface area contributed by atoms with E-state index < -0.39 is 0 Å². The molecule has 2 N–H and O–H groups in total. The predicted octanol–water partition coefficient (Wildman–Crippen LogP) is 1.02. The Morgan fingerprint density at radius 3 is 2.94 bits per heavy atom. The van der Waals surface area contributed by atoms with E-state index in [-0.39, 0.29) is 31.8 Å². The number of carbonyl (C=O) groups excluding carboxylic acids is 1. The average Bonchev–Trinajstić information content (AvgIpc) is 2.84. The highest BCUT2D eigenvalue weighted by Crippen LogP contribution is 2.35. The molecule has 1 atom stereocenters. The maximum Gasteiger partial charge on any atom is 0.231 e. The van der Waals surface area contributed by atoms with Gasteiger partial charge in [-0.05, 0) is 24.1 Å². The largest absolute Gasteiger partial charge is 0.454 e. The van der Waals surface area contributed by atoms with Crippen LogP contribution in [0.1, 0.15) is 24.8 Å². The smallest absolute Gasteiger partial charge is 0.231 e. The van der Waals surface area contributed by atoms with Crippen molar-refractivity contribution in [3.8, 4) is 11.5 Å². The van der Waals surface area contributed by atoms with Gasteiger partial charge in [0.2, 0.25) is 12.7 Å². The van der Waals surface area contributed by atoms with Crippen LogP contribution in [0.2, 0.25) is 0 Å². The van der Waals surface area contributed by atoms with Gasteiger partial charge >= 0.3 is 0 Å². The summed E-state index contributed by atoms with van der Waals surface area (Å²) >= 11 is 0. The lowest BCUT2D eigenvalue weighted by molar-refractivity contribution is -0.122. The monoisotopic (exact) mass is 251 g/mol. The number of hydrogen-bond acceptors (Lipinski definition) is 4. The van der Waals surface area contributed by atoms with Crippen molar-refractivity contribution in [3.05, 3.63) is 23.8 Å². The van der Waals surface area contributed by atoms with E-state index in [2.05, 4.69) is 5.32 Å². The van der Waals surface area contributed by atoms with Crippen LogP contribution in [0.4, 0.5) is 0 Å². The van der Waals surface area contributed by atoms with E-state index in [1.807, 2.05) is 25.1 Å². The van der Waals surface area contributed by atoms with E-state index in [1.54, 1.807) is 0 Å². The molecule has 98 valence electrons. The molecule has 1 heterocycles. The molecule has 5 nitrogen and oxygen atoms in total. The third-order valence-electron chi connectivity index (χ3n) is 2.93. The number of benzene rings is 1. The number of ether oxygens (including phenoxy) is 2. The number of fused-ring (bicyclic) bond motifs is 1. The van der Waals surface area contributed by atoms with Gasteiger partial charge in [0.25, 0.3) is 0 Å². The van der Waals surface area contributed by atoms with E-state index in [0.717, 1.165) is 5.56 Å². The summed E-state index contributed by atoms with van der Waals surface area (Å²) in [4.78, 5) is 11.9. The quantitative estimate of drug-likeness (QED) is 0.819. The third kappa shape index (κ3) is 2.56. The van der Waals surface area contributed by atoms with Gasteiger partial charge in [-0.1, -0.05) is 13.0 Å². The molecule has 5 heteroatoms. The van der Waals surface area contributed by atoms with Crippen LogP contribution in [-0.4, -0.2) is 31.0 Å². The molecule has 0 bridgehead atoms. The van der Waals surface area contributed by atoms with Gasteiger partial charge in [-0.15, -0.1) is 0 Å². The number of nitrogens with one attached hydrogen (secondary N) is 1. The van der Waals surface area contributed by atoms with Gasteiger partial charge in [-0.25, -0.2) is 0 Å². The van der Waals surface area contributed by atoms with Gasteiger partial charge in [-0.3, -0.25) is 4.79 Å². The first-order valence-electron chi connectivity index (χ1n) is 6.04. The molecule has 0 saturated carbocycles. The van der Waals surface area contributed by atoms with Gasteiger partial charge < -0.3 is 19.9 Å². The van der Waals surface area contributed by atoms with Crippen molar-refractivity contribution in [2.75, 3.05) is 19.9 Å². The molecule has 18 heavy (non-hydrogen) atoms. The van der Waals surface area contributed by atoms with Crippen molar-refractivity contribution in [1.82, 2.24) is 5.32 Å². The Bertz CT molecular complexity index is 433. The topological polar surface area (TPSA) is 67.8 Å². The van der Waals surface area contributed by atoms with Crippen molar-refractivity contribution in [2.45, 2.75) is 19.3 Å². The van der Waals surface area contributed by atoms with Crippen LogP contribution in [0.5, 0.6) is 11.5 Å². The molecule has 0 fully saturated rings. The molecule has 0 aliphatic carbocycles. The van der Waals surface area contributed by atoms with Gasteiger partial charge in [0, 0.05) is 6.54 Å². The minimum Gasteiger partial charge on any atom is -0.454 e. The Hall–Kier alpha value is -1.75. The zero-order valence-corrected chi connectivity index (χ0v) is 10.3. The summed E-state index contributed by atoms with van der Waals surface area (Å²) in [6, 6.07) is 5.54. The summed E-state index contributed by atoms with van der Waals surface area (Å²) in [5.41, 5.74) is 0.900. The second-order valence-corrected chi connectivity index (χ2v) is 4.09. The van der Waals surface area contributed by atoms with Crippen molar-refractivity contribution in [1.29, 1.82) is 0 Å². The Kier molecular flexibility index (Phi) is 4.04. The minimum atomic E-state index is -0.231. The molecule has 0 aromatic heterocycles. The number of carbonyl (C=O) groups is 1. The minimum absolute atomic E-state index is 0.0523. The molecule has 1 aromatic carbocycles. The van der Waals surface area contributed by atoms with Crippen molar-refractivity contribution in [2.24, 2.45) is 0 Å². The van der Waals surface area contributed by atoms with Crippen LogP contribution < -0.4 is 14.8 Å². The zero-order chi connectivity index (χ0) is 13.0. The van der Waals surface area contributed by atoms with Crippen LogP contribution in [0.25, 0.3) is 0 Å². The normalized spacial score (nSPS) is 14.3. The fourth-order valence-corrected chi connectivity index (χ4v) is 2.00. The van der Waals surface area contributed by atoms with Crippen molar-refractivity contribution in [3.63, 3.8) is 0 Å². The molecule has 2 rings (SSSR count). The van der Waals surface area contributed by atoms with Gasteiger partial charge in [0.1, 0.15) is 0 Å². The maximum absolute atomic E-state index is 11.9. The molecule has 1 unspecified atom stereocenters. The lowest BCUT2D eigenvalue weighted by Gasteiger charge is -2.15. The third-order valence-corrected chi connectivity index (χ3v) is 2.93. The Morgan fingerprint density at radius 1 is 1.44 bits per heavy atom. The molecular formula is C13H17NO4. The number of amides is 1. The Morgan fingerprint density at radius 2 is 2.22 bits per heavy atom. The standard InChI is InChI=1S/C13H17NO4/c1-2-10(13(16)14-5-6-15)9-3-4-11-12(7-9)18-8-17-11/h3-4,7,10,15H,2,5-6,8H2,1H3,(H,14,16). The van der Waals surface area contributed by atoms with Crippen LogP contribution >= 0.6 is 0 Å². The summed E-state index contributed by atoms with van der Waals surface area (Å²) in [5, 5.41) is 11.4. The van der Waals surface area contributed by atoms with Crippen LogP contribution in [0, 0.1) is 0 Å². The van der Waals surface area contributed by atoms with Crippen LogP contribution in [-0.2, 0) is 4.79 Å². The summed E-state index contributed by atoms with van der Waals surface area (Å²) in [6.07, 6.45) is 0.691. The summed E-state index contributed by atoms with van der Waals surface area (Å²) in [6.45, 7) is 2.41. The van der Waals surface area contributed by atoms with Gasteiger partial charge in [-0.2, -0.15) is 0 Å². The second kappa shape index (κ2) is 5.73. The van der Waals surface area contributed by atoms with Crippen LogP contribution in [0.3, 0.4) is 0 Å². The molecule has 1 amide bonds. The molecule has 0 saturated heterocycles. The zero-order valence-electron chi connectivity index (χ0n) is 10.3. The summed E-state index contributed by atoms with van der Waals surface area (Å²) in [5.74, 6) is 1.08. The highest BCUT2D eigenvalue weighted by Gasteiger charge is 2.21. The Balaban J connectivity index is 2.14. The average molecular weight is 251 g/mol. The Labute approximate surface area is 106 Å². The summed E-state index contributed by atoms with van der Waals surface area (Å²) < 4.78 is 10.5. The van der Waals surface area contributed by atoms with Crippen molar-refractivity contribution >= 4 is 5.91 Å². The van der Waals surface area contributed by atoms with Crippen molar-refractivity contribution < 1.29 is 19.4 Å². The fraction of sp³-hybridized carbons (Fsp3) is 0.462. The van der Waals surface area contributed by atoms with E-state index in [0.29, 0.717) is 17.9 Å². The number of aliphatic hydroxyl groups is 1. The predicted molar refractivity (Wildman–Crippen MR) is 65.7 cm³/mol. The highest BCUT2D eigenvalue weighted by atomic mass is 16.7. The van der Waals surface area contributed by atoms with Gasteiger partial charge in [0.05, 0.1) is 12.5 Å². The SMILES string of the molecule is CCC(C(=O)NCCO)c1ccc2c(c1)OCO2. The van der Waals surface area contributed by atoms with Crippen LogP contribution in [0.15, 0.2) is 18.2 Å². The first kappa shape index (κ1) is 12.7. The first-order chi connectivity index (χ1) is 8.76. The second-order valence-electron chi connectivity index (χ2n) is 4.09. The fourth-order valence-electron chi connectivity index (χ4n) is 2.00. The lowest BCUT2D eigenvalue weighted by Crippen LogP contribution is -2.31. The number of rotatable bonds is 5. The van der Waals surface area contributed by atoms with E-state index in [9.17, 15) is 4.79 Å². The summed E-state index contributed by atoms with van der Waals surface area (Å²) in [7, 11) is 0.